The fourth-order valence-corrected chi connectivity index (χ4v) is 3.84. The van der Waals surface area contributed by atoms with Gasteiger partial charge in [0.1, 0.15) is 0 Å². The fraction of sp³-hybridized carbons (Fsp3) is 0.933. The van der Waals surface area contributed by atoms with E-state index in [1.807, 2.05) is 0 Å². The zero-order valence-electron chi connectivity index (χ0n) is 11.3. The number of halogens is 1. The van der Waals surface area contributed by atoms with Crippen LogP contribution < -0.4 is 5.32 Å². The second-order valence-electron chi connectivity index (χ2n) is 6.13. The predicted molar refractivity (Wildman–Crippen MR) is 78.9 cm³/mol. The highest BCUT2D eigenvalue weighted by Crippen LogP contribution is 2.28. The third-order valence-corrected chi connectivity index (χ3v) is 5.48. The van der Waals surface area contributed by atoms with Gasteiger partial charge in [-0.15, -0.1) is 0 Å². The van der Waals surface area contributed by atoms with Gasteiger partial charge in [0, 0.05) is 17.8 Å². The molecule has 18 heavy (non-hydrogen) atoms. The van der Waals surface area contributed by atoms with Gasteiger partial charge in [-0.3, -0.25) is 4.79 Å². The maximum Gasteiger partial charge on any atom is 0.220 e. The van der Waals surface area contributed by atoms with Gasteiger partial charge < -0.3 is 5.32 Å². The zero-order chi connectivity index (χ0) is 12.8. The Hall–Kier alpha value is -0.0500. The normalized spacial score (nSPS) is 30.1. The molecule has 2 nitrogen and oxygen atoms in total. The van der Waals surface area contributed by atoms with E-state index >= 15 is 0 Å². The smallest absolute Gasteiger partial charge is 0.220 e. The first-order valence-electron chi connectivity index (χ1n) is 7.65. The van der Waals surface area contributed by atoms with Crippen LogP contribution in [0.2, 0.25) is 0 Å². The third-order valence-electron chi connectivity index (χ3n) is 4.56. The third kappa shape index (κ3) is 4.91. The first-order chi connectivity index (χ1) is 8.74. The van der Waals surface area contributed by atoms with Crippen LogP contribution in [0.3, 0.4) is 0 Å². The minimum Gasteiger partial charge on any atom is -0.356 e. The highest BCUT2D eigenvalue weighted by atomic mass is 79.9. The summed E-state index contributed by atoms with van der Waals surface area (Å²) < 4.78 is 0. The molecule has 0 saturated heterocycles. The molecule has 0 aliphatic heterocycles. The van der Waals surface area contributed by atoms with Gasteiger partial charge in [0.15, 0.2) is 0 Å². The molecule has 0 aromatic rings. The summed E-state index contributed by atoms with van der Waals surface area (Å²) in [6.07, 6.45) is 12.4. The maximum atomic E-state index is 11.9. The van der Waals surface area contributed by atoms with E-state index in [9.17, 15) is 4.79 Å². The Labute approximate surface area is 119 Å². The molecule has 0 heterocycles. The summed E-state index contributed by atoms with van der Waals surface area (Å²) in [6, 6.07) is 0. The summed E-state index contributed by atoms with van der Waals surface area (Å²) in [5.74, 6) is 1.67. The minimum atomic E-state index is 0.294. The van der Waals surface area contributed by atoms with Gasteiger partial charge in [-0.1, -0.05) is 35.2 Å². The molecule has 2 aliphatic carbocycles. The summed E-state index contributed by atoms with van der Waals surface area (Å²) >= 11 is 3.67. The molecule has 2 saturated carbocycles. The number of rotatable bonds is 4. The Morgan fingerprint density at radius 2 is 1.61 bits per heavy atom. The summed E-state index contributed by atoms with van der Waals surface area (Å²) in [6.45, 7) is 0.908. The Balaban J connectivity index is 1.59. The first kappa shape index (κ1) is 14.4. The van der Waals surface area contributed by atoms with Crippen LogP contribution in [0.1, 0.15) is 64.2 Å². The summed E-state index contributed by atoms with van der Waals surface area (Å²) in [7, 11) is 0. The lowest BCUT2D eigenvalue weighted by atomic mass is 9.86. The van der Waals surface area contributed by atoms with Crippen LogP contribution >= 0.6 is 15.9 Å². The Bertz CT molecular complexity index is 255. The molecule has 1 amide bonds. The molecular weight excluding hydrogens is 290 g/mol. The van der Waals surface area contributed by atoms with Crippen LogP contribution in [0.4, 0.5) is 0 Å². The molecule has 2 aliphatic rings. The number of hydrogen-bond donors (Lipinski definition) is 1. The summed E-state index contributed by atoms with van der Waals surface area (Å²) in [4.78, 5) is 12.6. The van der Waals surface area contributed by atoms with Crippen LogP contribution in [-0.2, 0) is 4.79 Å². The van der Waals surface area contributed by atoms with Crippen molar-refractivity contribution in [2.45, 2.75) is 69.0 Å². The van der Waals surface area contributed by atoms with Crippen LogP contribution in [0.5, 0.6) is 0 Å². The lowest BCUT2D eigenvalue weighted by Gasteiger charge is -2.26. The van der Waals surface area contributed by atoms with Crippen molar-refractivity contribution in [3.8, 4) is 0 Å². The van der Waals surface area contributed by atoms with E-state index in [0.717, 1.165) is 13.0 Å². The van der Waals surface area contributed by atoms with E-state index in [4.69, 9.17) is 0 Å². The number of amides is 1. The molecule has 0 unspecified atom stereocenters. The number of hydrogen-bond acceptors (Lipinski definition) is 1. The van der Waals surface area contributed by atoms with Crippen molar-refractivity contribution in [1.29, 1.82) is 0 Å². The molecule has 0 aromatic carbocycles. The number of carbonyl (C=O) groups is 1. The predicted octanol–water partition coefficient (Wildman–Crippen LogP) is 4.03. The second-order valence-corrected chi connectivity index (χ2v) is 7.43. The van der Waals surface area contributed by atoms with Gasteiger partial charge in [0.05, 0.1) is 0 Å². The highest BCUT2D eigenvalue weighted by Gasteiger charge is 2.21. The number of carbonyl (C=O) groups excluding carboxylic acids is 1. The van der Waals surface area contributed by atoms with E-state index < -0.39 is 0 Å². The largest absolute Gasteiger partial charge is 0.356 e. The monoisotopic (exact) mass is 315 g/mol. The standard InChI is InChI=1S/C15H26BrNO/c16-14-8-6-13(7-9-14)11-17-15(18)10-12-4-2-1-3-5-12/h12-14H,1-11H2,(H,17,18). The van der Waals surface area contributed by atoms with Crippen molar-refractivity contribution in [2.75, 3.05) is 6.54 Å². The molecule has 2 rings (SSSR count). The second kappa shape index (κ2) is 7.52. The fourth-order valence-electron chi connectivity index (χ4n) is 3.31. The molecule has 0 bridgehead atoms. The quantitative estimate of drug-likeness (QED) is 0.780. The van der Waals surface area contributed by atoms with Crippen LogP contribution in [0, 0.1) is 11.8 Å². The van der Waals surface area contributed by atoms with E-state index in [2.05, 4.69) is 21.2 Å². The Morgan fingerprint density at radius 3 is 2.28 bits per heavy atom. The van der Waals surface area contributed by atoms with Gasteiger partial charge >= 0.3 is 0 Å². The van der Waals surface area contributed by atoms with E-state index in [-0.39, 0.29) is 0 Å². The van der Waals surface area contributed by atoms with Gasteiger partial charge in [0.2, 0.25) is 5.91 Å². The molecule has 2 fully saturated rings. The average Bonchev–Trinajstić information content (AvgIpc) is 2.39. The van der Waals surface area contributed by atoms with Gasteiger partial charge in [0.25, 0.3) is 0 Å². The van der Waals surface area contributed by atoms with E-state index in [0.29, 0.717) is 22.6 Å². The lowest BCUT2D eigenvalue weighted by molar-refractivity contribution is -0.122. The Morgan fingerprint density at radius 1 is 0.944 bits per heavy atom. The lowest BCUT2D eigenvalue weighted by Crippen LogP contribution is -2.32. The molecular formula is C15H26BrNO. The van der Waals surface area contributed by atoms with Crippen molar-refractivity contribution in [3.63, 3.8) is 0 Å². The van der Waals surface area contributed by atoms with Crippen molar-refractivity contribution in [1.82, 2.24) is 5.32 Å². The van der Waals surface area contributed by atoms with Crippen molar-refractivity contribution in [2.24, 2.45) is 11.8 Å². The van der Waals surface area contributed by atoms with Crippen LogP contribution in [-0.4, -0.2) is 17.3 Å². The summed E-state index contributed by atoms with van der Waals surface area (Å²) in [5.41, 5.74) is 0. The van der Waals surface area contributed by atoms with Gasteiger partial charge in [-0.25, -0.2) is 0 Å². The van der Waals surface area contributed by atoms with E-state index in [1.54, 1.807) is 0 Å². The van der Waals surface area contributed by atoms with Crippen molar-refractivity contribution in [3.05, 3.63) is 0 Å². The highest BCUT2D eigenvalue weighted by molar-refractivity contribution is 9.09. The first-order valence-corrected chi connectivity index (χ1v) is 8.56. The number of nitrogens with one attached hydrogen (secondary N) is 1. The molecule has 0 spiro atoms. The SMILES string of the molecule is O=C(CC1CCCCC1)NCC1CCC(Br)CC1. The zero-order valence-corrected chi connectivity index (χ0v) is 12.9. The molecule has 0 aromatic heterocycles. The van der Waals surface area contributed by atoms with Crippen molar-refractivity contribution < 1.29 is 4.79 Å². The average molecular weight is 316 g/mol. The van der Waals surface area contributed by atoms with Gasteiger partial charge in [-0.05, 0) is 50.4 Å². The van der Waals surface area contributed by atoms with Crippen LogP contribution in [0.15, 0.2) is 0 Å². The summed E-state index contributed by atoms with van der Waals surface area (Å²) in [5, 5.41) is 3.16. The van der Waals surface area contributed by atoms with E-state index in [1.165, 1.54) is 57.8 Å². The maximum absolute atomic E-state index is 11.9. The van der Waals surface area contributed by atoms with Gasteiger partial charge in [-0.2, -0.15) is 0 Å². The minimum absolute atomic E-state index is 0.294. The van der Waals surface area contributed by atoms with Crippen molar-refractivity contribution >= 4 is 21.8 Å². The van der Waals surface area contributed by atoms with Crippen LogP contribution in [0.25, 0.3) is 0 Å². The molecule has 0 atom stereocenters. The molecule has 104 valence electrons. The molecule has 1 N–H and O–H groups in total. The Kier molecular flexibility index (Phi) is 6.00. The topological polar surface area (TPSA) is 29.1 Å². The molecule has 0 radical (unpaired) electrons. The molecule has 3 heteroatoms. The number of alkyl halides is 1.